The molecular formula is C21H27ClN2OS. The van der Waals surface area contributed by atoms with Gasteiger partial charge in [0.1, 0.15) is 0 Å². The van der Waals surface area contributed by atoms with Crippen molar-refractivity contribution in [2.75, 3.05) is 7.05 Å². The highest BCUT2D eigenvalue weighted by Crippen LogP contribution is 2.30. The zero-order chi connectivity index (χ0) is 19.1. The average Bonchev–Trinajstić information content (AvgIpc) is 2.62. The van der Waals surface area contributed by atoms with Gasteiger partial charge in [0.05, 0.1) is 10.3 Å². The molecule has 2 aromatic rings. The van der Waals surface area contributed by atoms with Gasteiger partial charge in [0.15, 0.2) is 0 Å². The summed E-state index contributed by atoms with van der Waals surface area (Å²) in [5, 5.41) is 3.53. The summed E-state index contributed by atoms with van der Waals surface area (Å²) < 4.78 is 0. The van der Waals surface area contributed by atoms with Gasteiger partial charge in [-0.05, 0) is 51.1 Å². The fraction of sp³-hybridized carbons (Fsp3) is 0.381. The molecule has 0 saturated heterocycles. The van der Waals surface area contributed by atoms with Gasteiger partial charge in [0.25, 0.3) is 0 Å². The van der Waals surface area contributed by atoms with Crippen LogP contribution in [0.2, 0.25) is 5.02 Å². The Labute approximate surface area is 166 Å². The SMILES string of the molecule is CC(Sc1ccccc1Cl)C(=O)NCc1ccccc1CN(C)C(C)C. The van der Waals surface area contributed by atoms with E-state index in [1.807, 2.05) is 43.3 Å². The molecule has 0 aliphatic carbocycles. The molecule has 0 bridgehead atoms. The quantitative estimate of drug-likeness (QED) is 0.645. The maximum atomic E-state index is 12.5. The molecule has 1 unspecified atom stereocenters. The van der Waals surface area contributed by atoms with E-state index in [4.69, 9.17) is 11.6 Å². The predicted octanol–water partition coefficient (Wildman–Crippen LogP) is 4.98. The molecule has 0 spiro atoms. The van der Waals surface area contributed by atoms with Gasteiger partial charge in [-0.15, -0.1) is 11.8 Å². The highest BCUT2D eigenvalue weighted by molar-refractivity contribution is 8.00. The van der Waals surface area contributed by atoms with Gasteiger partial charge in [-0.2, -0.15) is 0 Å². The maximum absolute atomic E-state index is 12.5. The van der Waals surface area contributed by atoms with E-state index in [9.17, 15) is 4.79 Å². The van der Waals surface area contributed by atoms with Crippen LogP contribution in [0.3, 0.4) is 0 Å². The van der Waals surface area contributed by atoms with Crippen LogP contribution in [0.4, 0.5) is 0 Å². The summed E-state index contributed by atoms with van der Waals surface area (Å²) in [6.07, 6.45) is 0. The van der Waals surface area contributed by atoms with Crippen molar-refractivity contribution in [1.29, 1.82) is 0 Å². The molecule has 0 fully saturated rings. The van der Waals surface area contributed by atoms with Crippen LogP contribution < -0.4 is 5.32 Å². The number of nitrogens with zero attached hydrogens (tertiary/aromatic N) is 1. The molecule has 0 radical (unpaired) electrons. The largest absolute Gasteiger partial charge is 0.351 e. The summed E-state index contributed by atoms with van der Waals surface area (Å²) in [6, 6.07) is 16.3. The number of hydrogen-bond donors (Lipinski definition) is 1. The zero-order valence-corrected chi connectivity index (χ0v) is 17.4. The second-order valence-corrected chi connectivity index (χ2v) is 8.48. The van der Waals surface area contributed by atoms with E-state index in [1.165, 1.54) is 17.3 Å². The van der Waals surface area contributed by atoms with E-state index < -0.39 is 0 Å². The molecule has 1 atom stereocenters. The Hall–Kier alpha value is -1.49. The third-order valence-corrected chi connectivity index (χ3v) is 6.00. The normalized spacial score (nSPS) is 12.4. The Morgan fingerprint density at radius 3 is 2.35 bits per heavy atom. The molecule has 3 nitrogen and oxygen atoms in total. The molecule has 26 heavy (non-hydrogen) atoms. The lowest BCUT2D eigenvalue weighted by Gasteiger charge is -2.23. The van der Waals surface area contributed by atoms with E-state index >= 15 is 0 Å². The van der Waals surface area contributed by atoms with Crippen LogP contribution in [0.15, 0.2) is 53.4 Å². The number of amides is 1. The Kier molecular flexibility index (Phi) is 8.01. The fourth-order valence-corrected chi connectivity index (χ4v) is 3.62. The van der Waals surface area contributed by atoms with Crippen LogP contribution >= 0.6 is 23.4 Å². The first-order valence-corrected chi connectivity index (χ1v) is 10.1. The Bertz CT molecular complexity index is 735. The van der Waals surface area contributed by atoms with Crippen molar-refractivity contribution < 1.29 is 4.79 Å². The van der Waals surface area contributed by atoms with Crippen molar-refractivity contribution in [3.63, 3.8) is 0 Å². The van der Waals surface area contributed by atoms with Crippen LogP contribution in [0.1, 0.15) is 31.9 Å². The van der Waals surface area contributed by atoms with Gasteiger partial charge < -0.3 is 5.32 Å². The van der Waals surface area contributed by atoms with E-state index in [-0.39, 0.29) is 11.2 Å². The minimum absolute atomic E-state index is 0.0157. The number of carbonyl (C=O) groups is 1. The first-order valence-electron chi connectivity index (χ1n) is 8.84. The summed E-state index contributed by atoms with van der Waals surface area (Å²) >= 11 is 7.66. The Balaban J connectivity index is 1.95. The molecule has 2 aromatic carbocycles. The molecule has 0 saturated carbocycles. The monoisotopic (exact) mass is 390 g/mol. The second kappa shape index (κ2) is 10.0. The van der Waals surface area contributed by atoms with Gasteiger partial charge in [0.2, 0.25) is 5.91 Å². The molecule has 5 heteroatoms. The summed E-state index contributed by atoms with van der Waals surface area (Å²) in [5.74, 6) is 0.0157. The van der Waals surface area contributed by atoms with E-state index in [1.54, 1.807) is 0 Å². The molecule has 0 aliphatic rings. The summed E-state index contributed by atoms with van der Waals surface area (Å²) in [6.45, 7) is 7.67. The average molecular weight is 391 g/mol. The van der Waals surface area contributed by atoms with Gasteiger partial charge >= 0.3 is 0 Å². The van der Waals surface area contributed by atoms with Crippen molar-refractivity contribution in [1.82, 2.24) is 10.2 Å². The number of halogens is 1. The van der Waals surface area contributed by atoms with Crippen molar-refractivity contribution >= 4 is 29.3 Å². The number of rotatable bonds is 8. The Morgan fingerprint density at radius 1 is 1.08 bits per heavy atom. The van der Waals surface area contributed by atoms with Crippen LogP contribution in [-0.4, -0.2) is 29.1 Å². The van der Waals surface area contributed by atoms with Gasteiger partial charge in [-0.25, -0.2) is 0 Å². The highest BCUT2D eigenvalue weighted by atomic mass is 35.5. The smallest absolute Gasteiger partial charge is 0.233 e. The molecular weight excluding hydrogens is 364 g/mol. The standard InChI is InChI=1S/C21H27ClN2OS/c1-15(2)24(4)14-18-10-6-5-9-17(18)13-23-21(25)16(3)26-20-12-8-7-11-19(20)22/h5-12,15-16H,13-14H2,1-4H3,(H,23,25). The van der Waals surface area contributed by atoms with Crippen LogP contribution in [0.25, 0.3) is 0 Å². The Morgan fingerprint density at radius 2 is 1.69 bits per heavy atom. The summed E-state index contributed by atoms with van der Waals surface area (Å²) in [7, 11) is 2.11. The number of carbonyl (C=O) groups excluding carboxylic acids is 1. The lowest BCUT2D eigenvalue weighted by atomic mass is 10.1. The molecule has 140 valence electrons. The predicted molar refractivity (Wildman–Crippen MR) is 112 cm³/mol. The lowest BCUT2D eigenvalue weighted by Crippen LogP contribution is -2.31. The highest BCUT2D eigenvalue weighted by Gasteiger charge is 2.16. The molecule has 0 aliphatic heterocycles. The lowest BCUT2D eigenvalue weighted by molar-refractivity contribution is -0.120. The van der Waals surface area contributed by atoms with E-state index in [2.05, 4.69) is 43.2 Å². The van der Waals surface area contributed by atoms with Crippen molar-refractivity contribution in [2.24, 2.45) is 0 Å². The summed E-state index contributed by atoms with van der Waals surface area (Å²) in [5.41, 5.74) is 2.40. The zero-order valence-electron chi connectivity index (χ0n) is 15.8. The summed E-state index contributed by atoms with van der Waals surface area (Å²) in [4.78, 5) is 15.7. The molecule has 2 rings (SSSR count). The minimum atomic E-state index is -0.208. The van der Waals surface area contributed by atoms with Crippen LogP contribution in [0.5, 0.6) is 0 Å². The maximum Gasteiger partial charge on any atom is 0.233 e. The molecule has 1 N–H and O–H groups in total. The number of nitrogens with one attached hydrogen (secondary N) is 1. The van der Waals surface area contributed by atoms with Gasteiger partial charge in [-0.1, -0.05) is 48.0 Å². The first kappa shape index (κ1) is 20.8. The number of thioether (sulfide) groups is 1. The van der Waals surface area contributed by atoms with Crippen molar-refractivity contribution in [2.45, 2.75) is 50.0 Å². The second-order valence-electron chi connectivity index (χ2n) is 6.69. The number of hydrogen-bond acceptors (Lipinski definition) is 3. The van der Waals surface area contributed by atoms with E-state index in [0.717, 1.165) is 17.0 Å². The van der Waals surface area contributed by atoms with Gasteiger partial charge in [-0.3, -0.25) is 9.69 Å². The molecule has 0 aromatic heterocycles. The first-order chi connectivity index (χ1) is 12.4. The van der Waals surface area contributed by atoms with Crippen molar-refractivity contribution in [3.8, 4) is 0 Å². The van der Waals surface area contributed by atoms with Crippen LogP contribution in [0, 0.1) is 0 Å². The third-order valence-electron chi connectivity index (χ3n) is 4.38. The third kappa shape index (κ3) is 6.04. The molecule has 0 heterocycles. The van der Waals surface area contributed by atoms with Crippen molar-refractivity contribution in [3.05, 3.63) is 64.7 Å². The minimum Gasteiger partial charge on any atom is -0.351 e. The van der Waals surface area contributed by atoms with Crippen LogP contribution in [-0.2, 0) is 17.9 Å². The fourth-order valence-electron chi connectivity index (χ4n) is 2.45. The number of benzene rings is 2. The van der Waals surface area contributed by atoms with E-state index in [0.29, 0.717) is 17.6 Å². The topological polar surface area (TPSA) is 32.3 Å². The van der Waals surface area contributed by atoms with Gasteiger partial charge in [0, 0.05) is 24.0 Å². The molecule has 1 amide bonds.